The van der Waals surface area contributed by atoms with Gasteiger partial charge in [0, 0.05) is 16.5 Å². The third-order valence-corrected chi connectivity index (χ3v) is 4.42. The van der Waals surface area contributed by atoms with Crippen LogP contribution in [0.4, 0.5) is 0 Å². The van der Waals surface area contributed by atoms with Crippen LogP contribution < -0.4 is 9.47 Å². The number of ether oxygens (including phenoxy) is 2. The minimum atomic E-state index is -0.441. The zero-order chi connectivity index (χ0) is 12.7. The zero-order valence-electron chi connectivity index (χ0n) is 10.4. The molecule has 4 heteroatoms. The highest BCUT2D eigenvalue weighted by Gasteiger charge is 2.31. The number of aliphatic hydroxyl groups excluding tert-OH is 1. The molecule has 1 aliphatic carbocycles. The van der Waals surface area contributed by atoms with Gasteiger partial charge in [-0.25, -0.2) is 0 Å². The first-order valence-corrected chi connectivity index (χ1v) is 7.27. The van der Waals surface area contributed by atoms with Gasteiger partial charge in [0.1, 0.15) is 0 Å². The molecule has 98 valence electrons. The molecule has 0 saturated carbocycles. The summed E-state index contributed by atoms with van der Waals surface area (Å²) in [6.07, 6.45) is 2.24. The summed E-state index contributed by atoms with van der Waals surface area (Å²) in [5.41, 5.74) is 2.11. The third kappa shape index (κ3) is 1.91. The number of hydrogen-bond acceptors (Lipinski definition) is 3. The molecule has 1 aromatic rings. The van der Waals surface area contributed by atoms with Gasteiger partial charge in [-0.15, -0.1) is 0 Å². The van der Waals surface area contributed by atoms with Crippen LogP contribution in [0.2, 0.25) is 0 Å². The van der Waals surface area contributed by atoms with Crippen LogP contribution in [0.15, 0.2) is 10.5 Å². The smallest absolute Gasteiger partial charge is 0.167 e. The summed E-state index contributed by atoms with van der Waals surface area (Å²) >= 11 is 3.61. The van der Waals surface area contributed by atoms with Gasteiger partial charge in [0.25, 0.3) is 0 Å². The Morgan fingerprint density at radius 1 is 1.22 bits per heavy atom. The van der Waals surface area contributed by atoms with Crippen molar-refractivity contribution in [3.8, 4) is 11.5 Å². The van der Waals surface area contributed by atoms with E-state index in [0.717, 1.165) is 40.8 Å². The summed E-state index contributed by atoms with van der Waals surface area (Å²) in [6.45, 7) is 3.52. The number of halogens is 1. The van der Waals surface area contributed by atoms with Crippen molar-refractivity contribution >= 4 is 15.9 Å². The molecule has 1 aliphatic heterocycles. The topological polar surface area (TPSA) is 38.7 Å². The van der Waals surface area contributed by atoms with Crippen molar-refractivity contribution in [3.05, 3.63) is 21.7 Å². The summed E-state index contributed by atoms with van der Waals surface area (Å²) in [5, 5.41) is 10.3. The second-order valence-electron chi connectivity index (χ2n) is 5.06. The molecule has 2 aliphatic rings. The lowest BCUT2D eigenvalue weighted by atomic mass is 9.81. The van der Waals surface area contributed by atoms with Crippen LogP contribution in [-0.2, 0) is 0 Å². The number of benzene rings is 1. The first-order chi connectivity index (χ1) is 8.68. The molecule has 1 unspecified atom stereocenters. The molecule has 0 fully saturated rings. The second-order valence-corrected chi connectivity index (χ2v) is 5.91. The molecule has 0 aromatic heterocycles. The third-order valence-electron chi connectivity index (χ3n) is 3.77. The first-order valence-electron chi connectivity index (χ1n) is 6.48. The summed E-state index contributed by atoms with van der Waals surface area (Å²) < 4.78 is 12.5. The van der Waals surface area contributed by atoms with E-state index in [4.69, 9.17) is 9.47 Å². The Labute approximate surface area is 115 Å². The summed E-state index contributed by atoms with van der Waals surface area (Å²) in [7, 11) is 0. The van der Waals surface area contributed by atoms with Gasteiger partial charge >= 0.3 is 0 Å². The lowest BCUT2D eigenvalue weighted by molar-refractivity contribution is 0.145. The SMILES string of the molecule is CC1CC[C@H](O)c2c3c(cc(Br)c21)OCCCO3. The van der Waals surface area contributed by atoms with Crippen molar-refractivity contribution in [3.63, 3.8) is 0 Å². The van der Waals surface area contributed by atoms with Crippen molar-refractivity contribution in [1.29, 1.82) is 0 Å². The quantitative estimate of drug-likeness (QED) is 0.796. The molecule has 1 N–H and O–H groups in total. The normalized spacial score (nSPS) is 26.4. The average molecular weight is 313 g/mol. The fourth-order valence-electron chi connectivity index (χ4n) is 2.84. The average Bonchev–Trinajstić information content (AvgIpc) is 2.58. The van der Waals surface area contributed by atoms with Crippen LogP contribution in [0.25, 0.3) is 0 Å². The minimum Gasteiger partial charge on any atom is -0.490 e. The molecule has 0 bridgehead atoms. The Balaban J connectivity index is 2.21. The van der Waals surface area contributed by atoms with E-state index >= 15 is 0 Å². The Kier molecular flexibility index (Phi) is 3.24. The van der Waals surface area contributed by atoms with E-state index in [9.17, 15) is 5.11 Å². The first kappa shape index (κ1) is 12.3. The highest BCUT2D eigenvalue weighted by molar-refractivity contribution is 9.10. The Hall–Kier alpha value is -0.740. The van der Waals surface area contributed by atoms with E-state index < -0.39 is 6.10 Å². The number of fused-ring (bicyclic) bond motifs is 3. The van der Waals surface area contributed by atoms with E-state index in [1.54, 1.807) is 0 Å². The van der Waals surface area contributed by atoms with E-state index in [0.29, 0.717) is 19.1 Å². The van der Waals surface area contributed by atoms with E-state index in [2.05, 4.69) is 22.9 Å². The van der Waals surface area contributed by atoms with Gasteiger partial charge in [0.15, 0.2) is 11.5 Å². The maximum atomic E-state index is 10.3. The molecule has 2 atom stereocenters. The standard InChI is InChI=1S/C14H17BrO3/c1-8-3-4-10(16)13-12(8)9(15)7-11-14(13)18-6-2-5-17-11/h7-8,10,16H,2-6H2,1H3/t8?,10-/m0/s1. The molecule has 1 aromatic carbocycles. The van der Waals surface area contributed by atoms with Crippen LogP contribution >= 0.6 is 15.9 Å². The molecule has 0 radical (unpaired) electrons. The van der Waals surface area contributed by atoms with E-state index in [1.165, 1.54) is 5.56 Å². The second kappa shape index (κ2) is 4.74. The largest absolute Gasteiger partial charge is 0.490 e. The predicted molar refractivity (Wildman–Crippen MR) is 72.4 cm³/mol. The summed E-state index contributed by atoms with van der Waals surface area (Å²) in [6, 6.07) is 1.98. The molecule has 0 saturated heterocycles. The van der Waals surface area contributed by atoms with Crippen molar-refractivity contribution in [2.24, 2.45) is 0 Å². The number of aliphatic hydroxyl groups is 1. The molecule has 0 spiro atoms. The molecule has 3 nitrogen and oxygen atoms in total. The molecule has 18 heavy (non-hydrogen) atoms. The zero-order valence-corrected chi connectivity index (χ0v) is 12.0. The number of rotatable bonds is 0. The van der Waals surface area contributed by atoms with Crippen molar-refractivity contribution in [2.75, 3.05) is 13.2 Å². The van der Waals surface area contributed by atoms with Gasteiger partial charge in [-0.05, 0) is 30.4 Å². The highest BCUT2D eigenvalue weighted by atomic mass is 79.9. The van der Waals surface area contributed by atoms with Crippen molar-refractivity contribution in [1.82, 2.24) is 0 Å². The fraction of sp³-hybridized carbons (Fsp3) is 0.571. The molecule has 1 heterocycles. The predicted octanol–water partition coefficient (Wildman–Crippen LogP) is 3.54. The van der Waals surface area contributed by atoms with Gasteiger partial charge in [0.05, 0.1) is 19.3 Å². The minimum absolute atomic E-state index is 0.440. The van der Waals surface area contributed by atoms with Gasteiger partial charge in [0.2, 0.25) is 0 Å². The van der Waals surface area contributed by atoms with Crippen LogP contribution in [-0.4, -0.2) is 18.3 Å². The Bertz CT molecular complexity index is 473. The van der Waals surface area contributed by atoms with Gasteiger partial charge in [-0.3, -0.25) is 0 Å². The van der Waals surface area contributed by atoms with Crippen molar-refractivity contribution in [2.45, 2.75) is 38.2 Å². The maximum absolute atomic E-state index is 10.3. The Morgan fingerprint density at radius 3 is 2.83 bits per heavy atom. The molecule has 0 amide bonds. The van der Waals surface area contributed by atoms with Crippen molar-refractivity contribution < 1.29 is 14.6 Å². The van der Waals surface area contributed by atoms with Crippen LogP contribution in [0.1, 0.15) is 49.3 Å². The lowest BCUT2D eigenvalue weighted by Crippen LogP contribution is -2.15. The fourth-order valence-corrected chi connectivity index (χ4v) is 3.65. The van der Waals surface area contributed by atoms with E-state index in [1.807, 2.05) is 6.07 Å². The van der Waals surface area contributed by atoms with Crippen LogP contribution in [0, 0.1) is 0 Å². The molecular weight excluding hydrogens is 296 g/mol. The monoisotopic (exact) mass is 312 g/mol. The summed E-state index contributed by atoms with van der Waals surface area (Å²) in [4.78, 5) is 0. The van der Waals surface area contributed by atoms with Crippen LogP contribution in [0.3, 0.4) is 0 Å². The van der Waals surface area contributed by atoms with E-state index in [-0.39, 0.29) is 0 Å². The lowest BCUT2D eigenvalue weighted by Gasteiger charge is -2.30. The number of hydrogen-bond donors (Lipinski definition) is 1. The van der Waals surface area contributed by atoms with Gasteiger partial charge in [-0.2, -0.15) is 0 Å². The Morgan fingerprint density at radius 2 is 2.00 bits per heavy atom. The highest BCUT2D eigenvalue weighted by Crippen LogP contribution is 2.50. The molecular formula is C14H17BrO3. The van der Waals surface area contributed by atoms with Gasteiger partial charge < -0.3 is 14.6 Å². The summed E-state index contributed by atoms with van der Waals surface area (Å²) in [5.74, 6) is 1.95. The maximum Gasteiger partial charge on any atom is 0.167 e. The van der Waals surface area contributed by atoms with Crippen LogP contribution in [0.5, 0.6) is 11.5 Å². The molecule has 3 rings (SSSR count). The van der Waals surface area contributed by atoms with Gasteiger partial charge in [-0.1, -0.05) is 22.9 Å².